The zero-order valence-electron chi connectivity index (χ0n) is 11.2. The number of nitrogens with zero attached hydrogens (tertiary/aromatic N) is 1. The third-order valence-electron chi connectivity index (χ3n) is 2.95. The number of nitrogens with one attached hydrogen (secondary N) is 2. The van der Waals surface area contributed by atoms with Crippen LogP contribution in [0.25, 0.3) is 0 Å². The fourth-order valence-electron chi connectivity index (χ4n) is 2.05. The van der Waals surface area contributed by atoms with Crippen LogP contribution in [-0.4, -0.2) is 62.1 Å². The highest BCUT2D eigenvalue weighted by Gasteiger charge is 2.25. The van der Waals surface area contributed by atoms with E-state index in [4.69, 9.17) is 4.74 Å². The minimum Gasteiger partial charge on any atom is -0.380 e. The maximum absolute atomic E-state index is 11.7. The van der Waals surface area contributed by atoms with Crippen LogP contribution in [0.1, 0.15) is 20.3 Å². The highest BCUT2D eigenvalue weighted by molar-refractivity contribution is 5.79. The summed E-state index contributed by atoms with van der Waals surface area (Å²) < 4.78 is 5.14. The number of amides is 2. The van der Waals surface area contributed by atoms with Gasteiger partial charge in [-0.05, 0) is 6.92 Å². The maximum atomic E-state index is 11.7. The average molecular weight is 257 g/mol. The fourth-order valence-corrected chi connectivity index (χ4v) is 2.05. The van der Waals surface area contributed by atoms with E-state index in [2.05, 4.69) is 10.6 Å². The lowest BCUT2D eigenvalue weighted by atomic mass is 10.1. The molecule has 1 unspecified atom stereocenters. The first kappa shape index (κ1) is 14.9. The van der Waals surface area contributed by atoms with Crippen molar-refractivity contribution in [2.45, 2.75) is 26.3 Å². The van der Waals surface area contributed by atoms with Crippen molar-refractivity contribution in [1.82, 2.24) is 15.5 Å². The van der Waals surface area contributed by atoms with Crippen LogP contribution in [0.4, 0.5) is 0 Å². The summed E-state index contributed by atoms with van der Waals surface area (Å²) in [5.41, 5.74) is 0. The van der Waals surface area contributed by atoms with Crippen molar-refractivity contribution in [1.29, 1.82) is 0 Å². The molecule has 1 heterocycles. The van der Waals surface area contributed by atoms with Crippen molar-refractivity contribution in [2.75, 3.05) is 39.4 Å². The summed E-state index contributed by atoms with van der Waals surface area (Å²) in [4.78, 5) is 24.9. The summed E-state index contributed by atoms with van der Waals surface area (Å²) in [6.07, 6.45) is 0.346. The van der Waals surface area contributed by atoms with E-state index in [-0.39, 0.29) is 17.9 Å². The Morgan fingerprint density at radius 2 is 2.28 bits per heavy atom. The molecule has 0 saturated carbocycles. The lowest BCUT2D eigenvalue weighted by molar-refractivity contribution is -0.133. The molecule has 6 nitrogen and oxygen atoms in total. The quantitative estimate of drug-likeness (QED) is 0.620. The van der Waals surface area contributed by atoms with E-state index in [1.807, 2.05) is 6.92 Å². The van der Waals surface area contributed by atoms with Gasteiger partial charge in [-0.2, -0.15) is 0 Å². The molecule has 0 spiro atoms. The largest absolute Gasteiger partial charge is 0.380 e. The summed E-state index contributed by atoms with van der Waals surface area (Å²) in [5, 5.41) is 6.00. The number of hydrogen-bond donors (Lipinski definition) is 2. The summed E-state index contributed by atoms with van der Waals surface area (Å²) in [5.74, 6) is -0.00160. The SMILES string of the molecule is CCOCCNC(=O)CC1CNCCN1C(C)=O. The summed E-state index contributed by atoms with van der Waals surface area (Å²) in [6.45, 7) is 7.31. The molecular formula is C12H23N3O3. The van der Waals surface area contributed by atoms with Crippen LogP contribution in [0.2, 0.25) is 0 Å². The molecule has 2 N–H and O–H groups in total. The molecule has 0 aromatic heterocycles. The summed E-state index contributed by atoms with van der Waals surface area (Å²) >= 11 is 0. The standard InChI is InChI=1S/C12H23N3O3/c1-3-18-7-5-14-12(17)8-11-9-13-4-6-15(11)10(2)16/h11,13H,3-9H2,1-2H3,(H,14,17). The number of piperazine rings is 1. The van der Waals surface area contributed by atoms with Crippen molar-refractivity contribution < 1.29 is 14.3 Å². The van der Waals surface area contributed by atoms with Gasteiger partial charge in [0, 0.05) is 46.1 Å². The van der Waals surface area contributed by atoms with Gasteiger partial charge in [-0.15, -0.1) is 0 Å². The first-order valence-electron chi connectivity index (χ1n) is 6.47. The summed E-state index contributed by atoms with van der Waals surface area (Å²) in [6, 6.07) is -0.0386. The number of carbonyl (C=O) groups excluding carboxylic acids is 2. The number of ether oxygens (including phenoxy) is 1. The molecule has 1 fully saturated rings. The van der Waals surface area contributed by atoms with Crippen molar-refractivity contribution in [2.24, 2.45) is 0 Å². The van der Waals surface area contributed by atoms with Gasteiger partial charge >= 0.3 is 0 Å². The van der Waals surface area contributed by atoms with Crippen LogP contribution in [0.5, 0.6) is 0 Å². The van der Waals surface area contributed by atoms with Crippen LogP contribution in [0.15, 0.2) is 0 Å². The molecule has 18 heavy (non-hydrogen) atoms. The van der Waals surface area contributed by atoms with E-state index in [1.165, 1.54) is 0 Å². The Bertz CT molecular complexity index is 284. The van der Waals surface area contributed by atoms with Crippen LogP contribution >= 0.6 is 0 Å². The van der Waals surface area contributed by atoms with Crippen LogP contribution in [-0.2, 0) is 14.3 Å². The van der Waals surface area contributed by atoms with Gasteiger partial charge in [0.05, 0.1) is 12.6 Å². The number of hydrogen-bond acceptors (Lipinski definition) is 4. The van der Waals surface area contributed by atoms with Gasteiger partial charge < -0.3 is 20.3 Å². The molecule has 1 saturated heterocycles. The maximum Gasteiger partial charge on any atom is 0.222 e. The normalized spacial score (nSPS) is 19.7. The highest BCUT2D eigenvalue weighted by atomic mass is 16.5. The van der Waals surface area contributed by atoms with Crippen LogP contribution in [0, 0.1) is 0 Å². The van der Waals surface area contributed by atoms with Gasteiger partial charge in [-0.3, -0.25) is 9.59 Å². The van der Waals surface area contributed by atoms with Crippen LogP contribution in [0.3, 0.4) is 0 Å². The van der Waals surface area contributed by atoms with Gasteiger partial charge in [0.2, 0.25) is 11.8 Å². The molecule has 2 amide bonds. The van der Waals surface area contributed by atoms with Crippen molar-refractivity contribution >= 4 is 11.8 Å². The fraction of sp³-hybridized carbons (Fsp3) is 0.833. The molecule has 1 aliphatic heterocycles. The Morgan fingerprint density at radius 1 is 1.50 bits per heavy atom. The molecule has 0 bridgehead atoms. The molecule has 1 atom stereocenters. The van der Waals surface area contributed by atoms with Crippen molar-refractivity contribution in [3.05, 3.63) is 0 Å². The predicted octanol–water partition coefficient (Wildman–Crippen LogP) is -0.650. The van der Waals surface area contributed by atoms with Gasteiger partial charge in [0.1, 0.15) is 0 Å². The third kappa shape index (κ3) is 5.01. The Morgan fingerprint density at radius 3 is 2.94 bits per heavy atom. The molecule has 0 aliphatic carbocycles. The van der Waals surface area contributed by atoms with Gasteiger partial charge in [-0.1, -0.05) is 0 Å². The Labute approximate surface area is 108 Å². The molecule has 0 aromatic carbocycles. The second-order valence-corrected chi connectivity index (χ2v) is 4.32. The minimum absolute atomic E-state index is 0.0311. The van der Waals surface area contributed by atoms with Gasteiger partial charge in [0.25, 0.3) is 0 Å². The average Bonchev–Trinajstić information content (AvgIpc) is 2.35. The van der Waals surface area contributed by atoms with E-state index >= 15 is 0 Å². The molecule has 1 aliphatic rings. The Hall–Kier alpha value is -1.14. The first-order chi connectivity index (χ1) is 8.65. The molecule has 0 aromatic rings. The zero-order chi connectivity index (χ0) is 13.4. The topological polar surface area (TPSA) is 70.7 Å². The lowest BCUT2D eigenvalue weighted by Gasteiger charge is -2.35. The first-order valence-corrected chi connectivity index (χ1v) is 6.47. The molecular weight excluding hydrogens is 234 g/mol. The third-order valence-corrected chi connectivity index (χ3v) is 2.95. The Kier molecular flexibility index (Phi) is 6.67. The molecule has 1 rings (SSSR count). The summed E-state index contributed by atoms with van der Waals surface area (Å²) in [7, 11) is 0. The Balaban J connectivity index is 2.30. The van der Waals surface area contributed by atoms with E-state index in [1.54, 1.807) is 11.8 Å². The van der Waals surface area contributed by atoms with E-state index in [9.17, 15) is 9.59 Å². The molecule has 6 heteroatoms. The van der Waals surface area contributed by atoms with Gasteiger partial charge in [-0.25, -0.2) is 0 Å². The van der Waals surface area contributed by atoms with E-state index in [0.29, 0.717) is 39.3 Å². The zero-order valence-corrected chi connectivity index (χ0v) is 11.2. The van der Waals surface area contributed by atoms with Gasteiger partial charge in [0.15, 0.2) is 0 Å². The second kappa shape index (κ2) is 8.05. The number of carbonyl (C=O) groups is 2. The highest BCUT2D eigenvalue weighted by Crippen LogP contribution is 2.07. The molecule has 0 radical (unpaired) electrons. The van der Waals surface area contributed by atoms with E-state index < -0.39 is 0 Å². The predicted molar refractivity (Wildman–Crippen MR) is 68.2 cm³/mol. The van der Waals surface area contributed by atoms with Crippen molar-refractivity contribution in [3.63, 3.8) is 0 Å². The van der Waals surface area contributed by atoms with Crippen LogP contribution < -0.4 is 10.6 Å². The minimum atomic E-state index is -0.0386. The van der Waals surface area contributed by atoms with Crippen molar-refractivity contribution in [3.8, 4) is 0 Å². The van der Waals surface area contributed by atoms with E-state index in [0.717, 1.165) is 6.54 Å². The number of rotatable bonds is 6. The molecule has 104 valence electrons. The monoisotopic (exact) mass is 257 g/mol. The lowest BCUT2D eigenvalue weighted by Crippen LogP contribution is -2.54. The second-order valence-electron chi connectivity index (χ2n) is 4.32. The smallest absolute Gasteiger partial charge is 0.222 e.